The average Bonchev–Trinajstić information content (AvgIpc) is 2.91. The Morgan fingerprint density at radius 3 is 2.95 bits per heavy atom. The number of aliphatic hydroxyl groups is 1. The number of nitrogens with one attached hydrogen (secondary N) is 1. The van der Waals surface area contributed by atoms with E-state index in [1.807, 2.05) is 0 Å². The van der Waals surface area contributed by atoms with Crippen LogP contribution in [0.5, 0.6) is 11.5 Å². The lowest BCUT2D eigenvalue weighted by atomic mass is 10.1. The molecule has 0 amide bonds. The van der Waals surface area contributed by atoms with Crippen molar-refractivity contribution in [2.45, 2.75) is 13.3 Å². The van der Waals surface area contributed by atoms with Gasteiger partial charge in [0.05, 0.1) is 5.02 Å². The predicted octanol–water partition coefficient (Wildman–Crippen LogP) is 1.66. The Kier molecular flexibility index (Phi) is 3.57. The second-order valence-corrected chi connectivity index (χ2v) is 5.05. The minimum absolute atomic E-state index is 0.0964. The molecule has 110 valence electrons. The van der Waals surface area contributed by atoms with Crippen LogP contribution >= 0.6 is 11.6 Å². The lowest BCUT2D eigenvalue weighted by Gasteiger charge is -2.08. The van der Waals surface area contributed by atoms with E-state index in [2.05, 4.69) is 9.97 Å². The van der Waals surface area contributed by atoms with E-state index in [-0.39, 0.29) is 25.4 Å². The summed E-state index contributed by atoms with van der Waals surface area (Å²) in [6.45, 7) is 1.76. The van der Waals surface area contributed by atoms with Gasteiger partial charge in [-0.1, -0.05) is 11.6 Å². The highest BCUT2D eigenvalue weighted by atomic mass is 35.5. The SMILES string of the molecule is Cc1nc(-c2cc(Cl)c3c(c2)OCO3)[nH]c(=O)c1CCO. The minimum Gasteiger partial charge on any atom is -0.454 e. The Morgan fingerprint density at radius 1 is 1.43 bits per heavy atom. The van der Waals surface area contributed by atoms with Crippen LogP contribution in [0, 0.1) is 6.92 Å². The normalized spacial score (nSPS) is 12.7. The van der Waals surface area contributed by atoms with E-state index in [1.165, 1.54) is 0 Å². The third kappa shape index (κ3) is 2.48. The first-order valence-electron chi connectivity index (χ1n) is 6.40. The Hall–Kier alpha value is -2.05. The molecule has 1 aliphatic rings. The van der Waals surface area contributed by atoms with Crippen molar-refractivity contribution in [2.24, 2.45) is 0 Å². The molecular weight excluding hydrogens is 296 g/mol. The third-order valence-corrected chi connectivity index (χ3v) is 3.57. The van der Waals surface area contributed by atoms with E-state index in [1.54, 1.807) is 19.1 Å². The van der Waals surface area contributed by atoms with Gasteiger partial charge in [0.1, 0.15) is 5.82 Å². The zero-order valence-electron chi connectivity index (χ0n) is 11.3. The summed E-state index contributed by atoms with van der Waals surface area (Å²) in [6.07, 6.45) is 0.274. The fourth-order valence-electron chi connectivity index (χ4n) is 2.26. The van der Waals surface area contributed by atoms with Gasteiger partial charge in [-0.05, 0) is 19.1 Å². The van der Waals surface area contributed by atoms with Crippen LogP contribution in [0.25, 0.3) is 11.4 Å². The van der Waals surface area contributed by atoms with Crippen molar-refractivity contribution < 1.29 is 14.6 Å². The molecule has 2 heterocycles. The number of H-pyrrole nitrogens is 1. The second-order valence-electron chi connectivity index (χ2n) is 4.64. The standard InChI is InChI=1S/C14H13ClN2O4/c1-7-9(2-3-18)14(19)17-13(16-7)8-4-10(15)12-11(5-8)20-6-21-12/h4-5,18H,2-3,6H2,1H3,(H,16,17,19). The van der Waals surface area contributed by atoms with Crippen molar-refractivity contribution in [3.05, 3.63) is 38.8 Å². The van der Waals surface area contributed by atoms with Crippen LogP contribution in [0.2, 0.25) is 5.02 Å². The van der Waals surface area contributed by atoms with Gasteiger partial charge in [-0.2, -0.15) is 0 Å². The van der Waals surface area contributed by atoms with E-state index in [0.717, 1.165) is 0 Å². The number of hydrogen-bond donors (Lipinski definition) is 2. The number of nitrogens with zero attached hydrogens (tertiary/aromatic N) is 1. The molecule has 6 nitrogen and oxygen atoms in total. The molecule has 0 spiro atoms. The molecule has 0 atom stereocenters. The van der Waals surface area contributed by atoms with Crippen LogP contribution in [0.15, 0.2) is 16.9 Å². The van der Waals surface area contributed by atoms with Crippen LogP contribution in [0.1, 0.15) is 11.3 Å². The maximum Gasteiger partial charge on any atom is 0.254 e. The molecule has 0 fully saturated rings. The van der Waals surface area contributed by atoms with Gasteiger partial charge in [0.15, 0.2) is 11.5 Å². The number of aliphatic hydroxyl groups excluding tert-OH is 1. The number of aromatic nitrogens is 2. The van der Waals surface area contributed by atoms with Gasteiger partial charge in [0.2, 0.25) is 6.79 Å². The molecule has 0 saturated heterocycles. The molecule has 21 heavy (non-hydrogen) atoms. The molecule has 3 rings (SSSR count). The highest BCUT2D eigenvalue weighted by molar-refractivity contribution is 6.32. The number of fused-ring (bicyclic) bond motifs is 1. The van der Waals surface area contributed by atoms with Gasteiger partial charge in [-0.3, -0.25) is 4.79 Å². The first kappa shape index (κ1) is 13.9. The Bertz CT molecular complexity index is 757. The summed E-state index contributed by atoms with van der Waals surface area (Å²) in [5.41, 5.74) is 1.44. The molecular formula is C14H13ClN2O4. The van der Waals surface area contributed by atoms with Crippen molar-refractivity contribution in [2.75, 3.05) is 13.4 Å². The Balaban J connectivity index is 2.09. The number of hydrogen-bond acceptors (Lipinski definition) is 5. The van der Waals surface area contributed by atoms with Gasteiger partial charge in [0, 0.05) is 29.8 Å². The zero-order valence-corrected chi connectivity index (χ0v) is 12.0. The molecule has 1 aliphatic heterocycles. The molecule has 1 aromatic carbocycles. The molecule has 0 aliphatic carbocycles. The largest absolute Gasteiger partial charge is 0.454 e. The van der Waals surface area contributed by atoms with Crippen molar-refractivity contribution >= 4 is 11.6 Å². The minimum atomic E-state index is -0.264. The highest BCUT2D eigenvalue weighted by Gasteiger charge is 2.20. The molecule has 1 aromatic heterocycles. The molecule has 0 radical (unpaired) electrons. The van der Waals surface area contributed by atoms with Crippen molar-refractivity contribution in [3.8, 4) is 22.9 Å². The maximum atomic E-state index is 12.0. The zero-order chi connectivity index (χ0) is 15.0. The van der Waals surface area contributed by atoms with E-state index in [4.69, 9.17) is 26.2 Å². The van der Waals surface area contributed by atoms with Crippen LogP contribution in [0.4, 0.5) is 0 Å². The smallest absolute Gasteiger partial charge is 0.254 e. The number of halogens is 1. The Morgan fingerprint density at radius 2 is 2.24 bits per heavy atom. The first-order valence-corrected chi connectivity index (χ1v) is 6.78. The summed E-state index contributed by atoms with van der Waals surface area (Å²) >= 11 is 6.13. The maximum absolute atomic E-state index is 12.0. The predicted molar refractivity (Wildman–Crippen MR) is 77.0 cm³/mol. The van der Waals surface area contributed by atoms with Gasteiger partial charge < -0.3 is 19.6 Å². The molecule has 2 aromatic rings. The molecule has 0 unspecified atom stereocenters. The lowest BCUT2D eigenvalue weighted by Crippen LogP contribution is -2.18. The number of rotatable bonds is 3. The van der Waals surface area contributed by atoms with E-state index >= 15 is 0 Å². The topological polar surface area (TPSA) is 84.4 Å². The molecule has 0 saturated carbocycles. The van der Waals surface area contributed by atoms with Crippen LogP contribution in [0.3, 0.4) is 0 Å². The molecule has 7 heteroatoms. The average molecular weight is 309 g/mol. The third-order valence-electron chi connectivity index (χ3n) is 3.28. The van der Waals surface area contributed by atoms with E-state index in [0.29, 0.717) is 39.2 Å². The van der Waals surface area contributed by atoms with Crippen LogP contribution in [-0.2, 0) is 6.42 Å². The summed E-state index contributed by atoms with van der Waals surface area (Å²) in [6, 6.07) is 3.39. The van der Waals surface area contributed by atoms with Gasteiger partial charge in [0.25, 0.3) is 5.56 Å². The summed E-state index contributed by atoms with van der Waals surface area (Å²) in [5.74, 6) is 1.42. The summed E-state index contributed by atoms with van der Waals surface area (Å²) in [4.78, 5) is 19.1. The van der Waals surface area contributed by atoms with Crippen molar-refractivity contribution in [1.29, 1.82) is 0 Å². The van der Waals surface area contributed by atoms with E-state index < -0.39 is 0 Å². The van der Waals surface area contributed by atoms with Crippen LogP contribution in [-0.4, -0.2) is 28.5 Å². The molecule has 0 bridgehead atoms. The molecule has 2 N–H and O–H groups in total. The number of ether oxygens (including phenoxy) is 2. The van der Waals surface area contributed by atoms with E-state index in [9.17, 15) is 4.79 Å². The summed E-state index contributed by atoms with van der Waals surface area (Å²) in [5, 5.41) is 9.37. The van der Waals surface area contributed by atoms with Gasteiger partial charge in [-0.25, -0.2) is 4.98 Å². The monoisotopic (exact) mass is 308 g/mol. The number of aryl methyl sites for hydroxylation is 1. The van der Waals surface area contributed by atoms with Crippen LogP contribution < -0.4 is 15.0 Å². The van der Waals surface area contributed by atoms with Crippen molar-refractivity contribution in [3.63, 3.8) is 0 Å². The fourth-order valence-corrected chi connectivity index (χ4v) is 2.52. The van der Waals surface area contributed by atoms with Crippen molar-refractivity contribution in [1.82, 2.24) is 9.97 Å². The highest BCUT2D eigenvalue weighted by Crippen LogP contribution is 2.41. The number of benzene rings is 1. The second kappa shape index (κ2) is 5.38. The van der Waals surface area contributed by atoms with Gasteiger partial charge in [-0.15, -0.1) is 0 Å². The quantitative estimate of drug-likeness (QED) is 0.901. The Labute approximate surface area is 125 Å². The first-order chi connectivity index (χ1) is 10.1. The fraction of sp³-hybridized carbons (Fsp3) is 0.286. The lowest BCUT2D eigenvalue weighted by molar-refractivity contribution is 0.174. The number of aromatic amines is 1. The summed E-state index contributed by atoms with van der Waals surface area (Å²) in [7, 11) is 0. The summed E-state index contributed by atoms with van der Waals surface area (Å²) < 4.78 is 10.5. The van der Waals surface area contributed by atoms with Gasteiger partial charge >= 0.3 is 0 Å².